The average Bonchev–Trinajstić information content (AvgIpc) is 3.07. The number of hydrogen-bond donors (Lipinski definition) is 0. The van der Waals surface area contributed by atoms with E-state index in [-0.39, 0.29) is 0 Å². The second-order valence-corrected chi connectivity index (χ2v) is 6.23. The number of hydrogen-bond acceptors (Lipinski definition) is 5. The van der Waals surface area contributed by atoms with Gasteiger partial charge in [-0.3, -0.25) is 0 Å². The zero-order valence-electron chi connectivity index (χ0n) is 15.6. The molecule has 0 atom stereocenters. The van der Waals surface area contributed by atoms with E-state index >= 15 is 0 Å². The first-order chi connectivity index (χ1) is 13.3. The number of aryl methyl sites for hydroxylation is 1. The largest absolute Gasteiger partial charge is 0.497 e. The van der Waals surface area contributed by atoms with E-state index in [1.54, 1.807) is 7.11 Å². The van der Waals surface area contributed by atoms with Gasteiger partial charge in [0.05, 0.1) is 18.1 Å². The highest BCUT2D eigenvalue weighted by molar-refractivity contribution is 5.84. The highest BCUT2D eigenvalue weighted by Crippen LogP contribution is 2.27. The number of rotatable bonds is 7. The summed E-state index contributed by atoms with van der Waals surface area (Å²) in [5.41, 5.74) is 4.15. The Morgan fingerprint density at radius 2 is 1.78 bits per heavy atom. The molecule has 0 saturated heterocycles. The van der Waals surface area contributed by atoms with Crippen molar-refractivity contribution >= 4 is 22.3 Å². The molecule has 0 spiro atoms. The molecular weight excluding hydrogens is 340 g/mol. The predicted octanol–water partition coefficient (Wildman–Crippen LogP) is 4.08. The van der Waals surface area contributed by atoms with Crippen LogP contribution in [-0.4, -0.2) is 39.8 Å². The van der Waals surface area contributed by atoms with E-state index in [0.717, 1.165) is 53.4 Å². The minimum absolute atomic E-state index is 0.655. The molecule has 0 unspecified atom stereocenters. The maximum atomic E-state index is 5.51. The van der Waals surface area contributed by atoms with E-state index in [0.29, 0.717) is 12.3 Å². The third kappa shape index (κ3) is 3.48. The molecule has 0 bridgehead atoms. The van der Waals surface area contributed by atoms with E-state index < -0.39 is 0 Å². The topological polar surface area (TPSA) is 62.1 Å². The molecule has 2 aromatic carbocycles. The van der Waals surface area contributed by atoms with Crippen molar-refractivity contribution in [1.82, 2.24) is 19.5 Å². The number of benzene rings is 2. The van der Waals surface area contributed by atoms with Crippen LogP contribution in [0.5, 0.6) is 5.75 Å². The summed E-state index contributed by atoms with van der Waals surface area (Å²) in [7, 11) is 1.67. The van der Waals surface area contributed by atoms with Crippen LogP contribution in [0.1, 0.15) is 13.3 Å². The van der Waals surface area contributed by atoms with Crippen molar-refractivity contribution in [3.8, 4) is 17.1 Å². The smallest absolute Gasteiger partial charge is 0.198 e. The number of imidazole rings is 1. The molecule has 0 N–H and O–H groups in total. The van der Waals surface area contributed by atoms with Gasteiger partial charge in [-0.25, -0.2) is 15.0 Å². The van der Waals surface area contributed by atoms with Gasteiger partial charge in [0, 0.05) is 25.3 Å². The molecule has 27 heavy (non-hydrogen) atoms. The molecule has 0 aliphatic heterocycles. The monoisotopic (exact) mass is 362 g/mol. The van der Waals surface area contributed by atoms with Gasteiger partial charge in [0.15, 0.2) is 11.3 Å². The van der Waals surface area contributed by atoms with E-state index in [1.165, 1.54) is 0 Å². The Morgan fingerprint density at radius 3 is 2.56 bits per heavy atom. The first-order valence-electron chi connectivity index (χ1n) is 9.15. The van der Waals surface area contributed by atoms with Gasteiger partial charge in [0.1, 0.15) is 11.6 Å². The zero-order chi connectivity index (χ0) is 18.6. The highest BCUT2D eigenvalue weighted by atomic mass is 16.5. The van der Waals surface area contributed by atoms with Crippen LogP contribution in [-0.2, 0) is 11.3 Å². The molecule has 6 nitrogen and oxygen atoms in total. The molecule has 2 aromatic heterocycles. The SMILES string of the molecule is CCOCCCn1c(-c2cccc(OC)c2)nc2nc3ccccc3nc21. The molecule has 138 valence electrons. The number of aromatic nitrogens is 4. The number of para-hydroxylation sites is 2. The van der Waals surface area contributed by atoms with E-state index in [1.807, 2.05) is 55.5 Å². The number of fused-ring (bicyclic) bond motifs is 2. The lowest BCUT2D eigenvalue weighted by molar-refractivity contribution is 0.142. The van der Waals surface area contributed by atoms with Gasteiger partial charge in [-0.05, 0) is 37.6 Å². The summed E-state index contributed by atoms with van der Waals surface area (Å²) in [5, 5.41) is 0. The lowest BCUT2D eigenvalue weighted by Gasteiger charge is -2.10. The second kappa shape index (κ2) is 7.72. The molecular formula is C21H22N4O2. The Kier molecular flexibility index (Phi) is 4.98. The first kappa shape index (κ1) is 17.4. The number of methoxy groups -OCH3 is 1. The second-order valence-electron chi connectivity index (χ2n) is 6.23. The third-order valence-corrected chi connectivity index (χ3v) is 4.46. The van der Waals surface area contributed by atoms with Crippen molar-refractivity contribution in [3.63, 3.8) is 0 Å². The van der Waals surface area contributed by atoms with Crippen molar-refractivity contribution in [1.29, 1.82) is 0 Å². The predicted molar refractivity (Wildman–Crippen MR) is 106 cm³/mol. The van der Waals surface area contributed by atoms with E-state index in [2.05, 4.69) is 4.57 Å². The zero-order valence-corrected chi connectivity index (χ0v) is 15.6. The molecule has 0 fully saturated rings. The molecule has 4 aromatic rings. The molecule has 0 amide bonds. The van der Waals surface area contributed by atoms with Crippen molar-refractivity contribution < 1.29 is 9.47 Å². The van der Waals surface area contributed by atoms with Crippen LogP contribution in [0.15, 0.2) is 48.5 Å². The van der Waals surface area contributed by atoms with Crippen molar-refractivity contribution in [2.75, 3.05) is 20.3 Å². The summed E-state index contributed by atoms with van der Waals surface area (Å²) in [5.74, 6) is 1.64. The van der Waals surface area contributed by atoms with Gasteiger partial charge in [-0.2, -0.15) is 0 Å². The molecule has 4 rings (SSSR count). The number of nitrogens with zero attached hydrogens (tertiary/aromatic N) is 4. The Morgan fingerprint density at radius 1 is 0.963 bits per heavy atom. The van der Waals surface area contributed by atoms with Crippen LogP contribution in [0.2, 0.25) is 0 Å². The summed E-state index contributed by atoms with van der Waals surface area (Å²) >= 11 is 0. The molecule has 2 heterocycles. The van der Waals surface area contributed by atoms with Crippen LogP contribution in [0.4, 0.5) is 0 Å². The third-order valence-electron chi connectivity index (χ3n) is 4.46. The fourth-order valence-corrected chi connectivity index (χ4v) is 3.16. The van der Waals surface area contributed by atoms with Crippen LogP contribution in [0.25, 0.3) is 33.7 Å². The maximum absolute atomic E-state index is 5.51. The maximum Gasteiger partial charge on any atom is 0.198 e. The van der Waals surface area contributed by atoms with Gasteiger partial charge in [-0.15, -0.1) is 0 Å². The fourth-order valence-electron chi connectivity index (χ4n) is 3.16. The summed E-state index contributed by atoms with van der Waals surface area (Å²) < 4.78 is 13.0. The quantitative estimate of drug-likeness (QED) is 0.464. The Balaban J connectivity index is 1.85. The van der Waals surface area contributed by atoms with Crippen LogP contribution in [0.3, 0.4) is 0 Å². The fraction of sp³-hybridized carbons (Fsp3) is 0.286. The van der Waals surface area contributed by atoms with Gasteiger partial charge in [-0.1, -0.05) is 24.3 Å². The number of ether oxygens (including phenoxy) is 2. The normalized spacial score (nSPS) is 11.3. The van der Waals surface area contributed by atoms with Crippen LogP contribution in [0, 0.1) is 0 Å². The minimum atomic E-state index is 0.655. The molecule has 0 saturated carbocycles. The van der Waals surface area contributed by atoms with Crippen LogP contribution >= 0.6 is 0 Å². The van der Waals surface area contributed by atoms with Gasteiger partial charge in [0.2, 0.25) is 0 Å². The van der Waals surface area contributed by atoms with Crippen molar-refractivity contribution in [3.05, 3.63) is 48.5 Å². The molecule has 6 heteroatoms. The Hall–Kier alpha value is -2.99. The summed E-state index contributed by atoms with van der Waals surface area (Å²) in [4.78, 5) is 14.3. The minimum Gasteiger partial charge on any atom is -0.497 e. The average molecular weight is 362 g/mol. The van der Waals surface area contributed by atoms with Crippen molar-refractivity contribution in [2.45, 2.75) is 19.9 Å². The molecule has 0 radical (unpaired) electrons. The van der Waals surface area contributed by atoms with Crippen LogP contribution < -0.4 is 4.74 Å². The lowest BCUT2D eigenvalue weighted by atomic mass is 10.2. The Bertz CT molecular complexity index is 1070. The molecule has 0 aliphatic carbocycles. The summed E-state index contributed by atoms with van der Waals surface area (Å²) in [6.45, 7) is 4.19. The first-order valence-corrected chi connectivity index (χ1v) is 9.15. The summed E-state index contributed by atoms with van der Waals surface area (Å²) in [6, 6.07) is 15.8. The van der Waals surface area contributed by atoms with E-state index in [4.69, 9.17) is 24.4 Å². The van der Waals surface area contributed by atoms with E-state index in [9.17, 15) is 0 Å². The molecule has 0 aliphatic rings. The highest BCUT2D eigenvalue weighted by Gasteiger charge is 2.16. The van der Waals surface area contributed by atoms with Gasteiger partial charge >= 0.3 is 0 Å². The summed E-state index contributed by atoms with van der Waals surface area (Å²) in [6.07, 6.45) is 0.880. The van der Waals surface area contributed by atoms with Gasteiger partial charge in [0.25, 0.3) is 0 Å². The Labute approximate surface area is 157 Å². The van der Waals surface area contributed by atoms with Crippen molar-refractivity contribution in [2.24, 2.45) is 0 Å². The van der Waals surface area contributed by atoms with Gasteiger partial charge < -0.3 is 14.0 Å². The lowest BCUT2D eigenvalue weighted by Crippen LogP contribution is -2.05. The standard InChI is InChI=1S/C21H22N4O2/c1-3-27-13-7-12-25-20(15-8-6-9-16(14-15)26-2)24-19-21(25)23-18-11-5-4-10-17(18)22-19/h4-6,8-11,14H,3,7,12-13H2,1-2H3.